The fraction of sp³-hybridized carbons (Fsp3) is 0.727. The Labute approximate surface area is 89.8 Å². The van der Waals surface area contributed by atoms with E-state index in [2.05, 4.69) is 17.2 Å². The minimum absolute atomic E-state index is 0.680. The monoisotopic (exact) mass is 210 g/mol. The molecule has 0 aromatic carbocycles. The Kier molecular flexibility index (Phi) is 3.54. The fourth-order valence-corrected chi connectivity index (χ4v) is 2.86. The number of nitrogens with one attached hydrogen (secondary N) is 1. The van der Waals surface area contributed by atoms with Crippen LogP contribution >= 0.6 is 11.3 Å². The summed E-state index contributed by atoms with van der Waals surface area (Å²) in [6.45, 7) is 3.38. The van der Waals surface area contributed by atoms with Crippen LogP contribution in [-0.4, -0.2) is 17.6 Å². The van der Waals surface area contributed by atoms with Gasteiger partial charge in [-0.05, 0) is 25.8 Å². The molecule has 3 heteroatoms. The first-order chi connectivity index (χ1) is 6.88. The highest BCUT2D eigenvalue weighted by Gasteiger charge is 2.14. The predicted molar refractivity (Wildman–Crippen MR) is 60.8 cm³/mol. The van der Waals surface area contributed by atoms with Crippen LogP contribution < -0.4 is 5.32 Å². The second-order valence-electron chi connectivity index (χ2n) is 3.92. The highest BCUT2D eigenvalue weighted by atomic mass is 32.1. The molecule has 1 saturated heterocycles. The summed E-state index contributed by atoms with van der Waals surface area (Å²) in [5, 5.41) is 4.87. The lowest BCUT2D eigenvalue weighted by atomic mass is 10.0. The Morgan fingerprint density at radius 1 is 1.57 bits per heavy atom. The molecule has 1 aliphatic rings. The summed E-state index contributed by atoms with van der Waals surface area (Å²) in [6.07, 6.45) is 8.32. The Morgan fingerprint density at radius 3 is 3.14 bits per heavy atom. The molecule has 0 aliphatic carbocycles. The highest BCUT2D eigenvalue weighted by molar-refractivity contribution is 7.11. The average molecular weight is 210 g/mol. The van der Waals surface area contributed by atoms with Gasteiger partial charge in [0.1, 0.15) is 0 Å². The summed E-state index contributed by atoms with van der Waals surface area (Å²) in [5.41, 5.74) is 0. The SMILES string of the molecule is CCc1cnc(CC2CCCCN2)s1. The number of hydrogen-bond acceptors (Lipinski definition) is 3. The van der Waals surface area contributed by atoms with E-state index in [1.807, 2.05) is 17.5 Å². The number of rotatable bonds is 3. The molecule has 78 valence electrons. The number of aromatic nitrogens is 1. The van der Waals surface area contributed by atoms with Gasteiger partial charge in [-0.15, -0.1) is 11.3 Å². The molecule has 0 amide bonds. The second kappa shape index (κ2) is 4.89. The third-order valence-electron chi connectivity index (χ3n) is 2.78. The zero-order valence-electron chi connectivity index (χ0n) is 8.75. The van der Waals surface area contributed by atoms with E-state index in [1.54, 1.807) is 0 Å². The first-order valence-electron chi connectivity index (χ1n) is 5.55. The van der Waals surface area contributed by atoms with Gasteiger partial charge >= 0.3 is 0 Å². The molecule has 1 atom stereocenters. The van der Waals surface area contributed by atoms with Gasteiger partial charge in [-0.2, -0.15) is 0 Å². The van der Waals surface area contributed by atoms with Gasteiger partial charge in [-0.1, -0.05) is 13.3 Å². The lowest BCUT2D eigenvalue weighted by Crippen LogP contribution is -2.35. The Balaban J connectivity index is 1.89. The Hall–Kier alpha value is -0.410. The summed E-state index contributed by atoms with van der Waals surface area (Å²) < 4.78 is 0. The number of piperidine rings is 1. The highest BCUT2D eigenvalue weighted by Crippen LogP contribution is 2.18. The van der Waals surface area contributed by atoms with E-state index in [0.29, 0.717) is 6.04 Å². The van der Waals surface area contributed by atoms with Crippen molar-refractivity contribution in [2.75, 3.05) is 6.54 Å². The van der Waals surface area contributed by atoms with Crippen LogP contribution in [0.25, 0.3) is 0 Å². The number of nitrogens with zero attached hydrogens (tertiary/aromatic N) is 1. The van der Waals surface area contributed by atoms with Crippen LogP contribution in [0.5, 0.6) is 0 Å². The quantitative estimate of drug-likeness (QED) is 0.828. The van der Waals surface area contributed by atoms with Crippen molar-refractivity contribution in [2.24, 2.45) is 0 Å². The van der Waals surface area contributed by atoms with Crippen molar-refractivity contribution in [3.05, 3.63) is 16.1 Å². The van der Waals surface area contributed by atoms with Gasteiger partial charge in [0.15, 0.2) is 0 Å². The van der Waals surface area contributed by atoms with Gasteiger partial charge in [0.25, 0.3) is 0 Å². The Morgan fingerprint density at radius 2 is 2.50 bits per heavy atom. The maximum absolute atomic E-state index is 4.46. The molecule has 0 radical (unpaired) electrons. The van der Waals surface area contributed by atoms with Gasteiger partial charge in [0, 0.05) is 23.5 Å². The van der Waals surface area contributed by atoms with E-state index in [9.17, 15) is 0 Å². The lowest BCUT2D eigenvalue weighted by Gasteiger charge is -2.22. The van der Waals surface area contributed by atoms with Crippen molar-refractivity contribution in [1.82, 2.24) is 10.3 Å². The molecule has 1 aliphatic heterocycles. The number of aryl methyl sites for hydroxylation is 1. The molecule has 1 aromatic rings. The molecule has 1 unspecified atom stereocenters. The standard InChI is InChI=1S/C11H18N2S/c1-2-10-8-13-11(14-10)7-9-5-3-4-6-12-9/h8-9,12H,2-7H2,1H3. The van der Waals surface area contributed by atoms with Crippen LogP contribution in [0.2, 0.25) is 0 Å². The van der Waals surface area contributed by atoms with Crippen LogP contribution in [-0.2, 0) is 12.8 Å². The average Bonchev–Trinajstić information content (AvgIpc) is 2.67. The molecular weight excluding hydrogens is 192 g/mol. The van der Waals surface area contributed by atoms with Crippen LogP contribution in [0.4, 0.5) is 0 Å². The fourth-order valence-electron chi connectivity index (χ4n) is 1.91. The molecule has 2 nitrogen and oxygen atoms in total. The summed E-state index contributed by atoms with van der Waals surface area (Å²) in [7, 11) is 0. The van der Waals surface area contributed by atoms with E-state index >= 15 is 0 Å². The predicted octanol–water partition coefficient (Wildman–Crippen LogP) is 2.39. The molecule has 0 spiro atoms. The first-order valence-corrected chi connectivity index (χ1v) is 6.37. The van der Waals surface area contributed by atoms with E-state index < -0.39 is 0 Å². The van der Waals surface area contributed by atoms with Gasteiger partial charge in [-0.3, -0.25) is 0 Å². The maximum atomic E-state index is 4.46. The number of thiazole rings is 1. The molecule has 1 aromatic heterocycles. The van der Waals surface area contributed by atoms with E-state index in [4.69, 9.17) is 0 Å². The zero-order valence-corrected chi connectivity index (χ0v) is 9.57. The van der Waals surface area contributed by atoms with Crippen molar-refractivity contribution in [1.29, 1.82) is 0 Å². The van der Waals surface area contributed by atoms with Crippen molar-refractivity contribution < 1.29 is 0 Å². The second-order valence-corrected chi connectivity index (χ2v) is 5.12. The molecule has 0 saturated carbocycles. The van der Waals surface area contributed by atoms with Gasteiger partial charge in [0.05, 0.1) is 5.01 Å². The van der Waals surface area contributed by atoms with E-state index in [0.717, 1.165) is 12.8 Å². The van der Waals surface area contributed by atoms with Crippen molar-refractivity contribution in [3.63, 3.8) is 0 Å². The Bertz CT molecular complexity index is 277. The topological polar surface area (TPSA) is 24.9 Å². The smallest absolute Gasteiger partial charge is 0.0943 e. The maximum Gasteiger partial charge on any atom is 0.0943 e. The van der Waals surface area contributed by atoms with Crippen molar-refractivity contribution >= 4 is 11.3 Å². The molecule has 0 bridgehead atoms. The molecule has 2 rings (SSSR count). The van der Waals surface area contributed by atoms with Crippen LogP contribution in [0.15, 0.2) is 6.20 Å². The summed E-state index contributed by atoms with van der Waals surface area (Å²) in [6, 6.07) is 0.680. The molecule has 1 fully saturated rings. The minimum Gasteiger partial charge on any atom is -0.314 e. The normalized spacial score (nSPS) is 22.5. The van der Waals surface area contributed by atoms with Crippen LogP contribution in [0.3, 0.4) is 0 Å². The van der Waals surface area contributed by atoms with E-state index in [1.165, 1.54) is 35.7 Å². The van der Waals surface area contributed by atoms with Crippen LogP contribution in [0.1, 0.15) is 36.1 Å². The molecule has 14 heavy (non-hydrogen) atoms. The largest absolute Gasteiger partial charge is 0.314 e. The zero-order chi connectivity index (χ0) is 9.80. The molecular formula is C11H18N2S. The summed E-state index contributed by atoms with van der Waals surface area (Å²) in [4.78, 5) is 5.87. The summed E-state index contributed by atoms with van der Waals surface area (Å²) >= 11 is 1.88. The first kappa shape index (κ1) is 10.1. The third-order valence-corrected chi connectivity index (χ3v) is 3.95. The molecule has 1 N–H and O–H groups in total. The van der Waals surface area contributed by atoms with Crippen molar-refractivity contribution in [3.8, 4) is 0 Å². The minimum atomic E-state index is 0.680. The van der Waals surface area contributed by atoms with Gasteiger partial charge < -0.3 is 5.32 Å². The lowest BCUT2D eigenvalue weighted by molar-refractivity contribution is 0.399. The van der Waals surface area contributed by atoms with Gasteiger partial charge in [-0.25, -0.2) is 4.98 Å². The third kappa shape index (κ3) is 2.55. The van der Waals surface area contributed by atoms with Crippen molar-refractivity contribution in [2.45, 2.75) is 45.1 Å². The molecule has 2 heterocycles. The van der Waals surface area contributed by atoms with Gasteiger partial charge in [0.2, 0.25) is 0 Å². The summed E-state index contributed by atoms with van der Waals surface area (Å²) in [5.74, 6) is 0. The van der Waals surface area contributed by atoms with Crippen LogP contribution in [0, 0.1) is 0 Å². The number of hydrogen-bond donors (Lipinski definition) is 1. The van der Waals surface area contributed by atoms with E-state index in [-0.39, 0.29) is 0 Å².